The molecule has 1 N–H and O–H groups in total. The third-order valence-electron chi connectivity index (χ3n) is 3.06. The molecule has 0 amide bonds. The minimum atomic E-state index is 0.0620. The van der Waals surface area contributed by atoms with Crippen molar-refractivity contribution in [2.75, 3.05) is 0 Å². The number of benzene rings is 1. The maximum atomic E-state index is 10.3. The van der Waals surface area contributed by atoms with Crippen molar-refractivity contribution in [1.82, 2.24) is 4.57 Å². The first-order chi connectivity index (χ1) is 8.43. The Labute approximate surface area is 116 Å². The van der Waals surface area contributed by atoms with Gasteiger partial charge in [-0.2, -0.15) is 0 Å². The molecule has 0 aliphatic heterocycles. The second-order valence-electron chi connectivity index (χ2n) is 5.48. The van der Waals surface area contributed by atoms with Gasteiger partial charge < -0.3 is 9.67 Å². The average Bonchev–Trinajstić information content (AvgIpc) is 2.81. The van der Waals surface area contributed by atoms with Crippen molar-refractivity contribution in [3.8, 4) is 11.4 Å². The summed E-state index contributed by atoms with van der Waals surface area (Å²) in [6.07, 6.45) is 3.89. The summed E-state index contributed by atoms with van der Waals surface area (Å²) in [5.41, 5.74) is 3.04. The molecule has 2 nitrogen and oxygen atoms in total. The predicted molar refractivity (Wildman–Crippen MR) is 78.8 cm³/mol. The summed E-state index contributed by atoms with van der Waals surface area (Å²) in [5.74, 6) is 0.344. The van der Waals surface area contributed by atoms with E-state index in [-0.39, 0.29) is 5.41 Å². The molecule has 0 spiro atoms. The Hall–Kier alpha value is -1.22. The Morgan fingerprint density at radius 1 is 1.17 bits per heavy atom. The van der Waals surface area contributed by atoms with E-state index in [2.05, 4.69) is 48.8 Å². The van der Waals surface area contributed by atoms with Gasteiger partial charge in [-0.15, -0.1) is 0 Å². The van der Waals surface area contributed by atoms with Crippen molar-refractivity contribution >= 4 is 15.9 Å². The zero-order valence-electron chi connectivity index (χ0n) is 10.9. The summed E-state index contributed by atoms with van der Waals surface area (Å²) >= 11 is 3.44. The minimum Gasteiger partial charge on any atom is -0.505 e. The van der Waals surface area contributed by atoms with Crippen LogP contribution < -0.4 is 0 Å². The van der Waals surface area contributed by atoms with Crippen LogP contribution in [-0.4, -0.2) is 9.67 Å². The molecular weight excluding hydrogens is 290 g/mol. The topological polar surface area (TPSA) is 25.2 Å². The van der Waals surface area contributed by atoms with E-state index in [1.165, 1.54) is 5.56 Å². The maximum Gasteiger partial charge on any atom is 0.143 e. The second-order valence-corrected chi connectivity index (χ2v) is 6.04. The van der Waals surface area contributed by atoms with E-state index in [0.29, 0.717) is 11.1 Å². The van der Waals surface area contributed by atoms with E-state index >= 15 is 0 Å². The summed E-state index contributed by atoms with van der Waals surface area (Å²) in [6, 6.07) is 8.03. The highest BCUT2D eigenvalue weighted by Gasteiger charge is 2.18. The summed E-state index contributed by atoms with van der Waals surface area (Å²) in [6.45, 7) is 6.53. The third-order valence-corrected chi connectivity index (χ3v) is 3.67. The largest absolute Gasteiger partial charge is 0.505 e. The summed E-state index contributed by atoms with van der Waals surface area (Å²) in [5, 5.41) is 10.9. The highest BCUT2D eigenvalue weighted by Crippen LogP contribution is 2.34. The first-order valence-corrected chi connectivity index (χ1v) is 7.11. The van der Waals surface area contributed by atoms with Gasteiger partial charge >= 0.3 is 0 Å². The van der Waals surface area contributed by atoms with Crippen LogP contribution in [-0.2, 0) is 10.7 Å². The number of aromatic hydroxyl groups is 1. The molecule has 0 saturated carbocycles. The molecule has 0 aliphatic rings. The molecule has 2 aromatic rings. The van der Waals surface area contributed by atoms with Crippen molar-refractivity contribution in [3.05, 3.63) is 47.8 Å². The Morgan fingerprint density at radius 3 is 2.28 bits per heavy atom. The van der Waals surface area contributed by atoms with Gasteiger partial charge in [0.25, 0.3) is 0 Å². The van der Waals surface area contributed by atoms with Crippen molar-refractivity contribution in [3.63, 3.8) is 0 Å². The smallest absolute Gasteiger partial charge is 0.143 e. The molecule has 1 aromatic heterocycles. The number of hydrogen-bond donors (Lipinski definition) is 1. The molecule has 0 atom stereocenters. The zero-order chi connectivity index (χ0) is 13.3. The molecule has 0 aliphatic carbocycles. The molecule has 0 bridgehead atoms. The highest BCUT2D eigenvalue weighted by atomic mass is 79.9. The van der Waals surface area contributed by atoms with Gasteiger partial charge in [-0.1, -0.05) is 42.8 Å². The van der Waals surface area contributed by atoms with Gasteiger partial charge in [-0.3, -0.25) is 0 Å². The van der Waals surface area contributed by atoms with Crippen molar-refractivity contribution in [2.45, 2.75) is 31.5 Å². The fourth-order valence-electron chi connectivity index (χ4n) is 1.90. The maximum absolute atomic E-state index is 10.3. The van der Waals surface area contributed by atoms with Crippen molar-refractivity contribution in [1.29, 1.82) is 0 Å². The first kappa shape index (κ1) is 13.2. The molecule has 2 rings (SSSR count). The van der Waals surface area contributed by atoms with Crippen molar-refractivity contribution < 1.29 is 5.11 Å². The van der Waals surface area contributed by atoms with Crippen molar-refractivity contribution in [2.24, 2.45) is 0 Å². The van der Waals surface area contributed by atoms with Gasteiger partial charge in [0.1, 0.15) is 5.75 Å². The predicted octanol–water partition coefficient (Wildman–Crippen LogP) is 4.38. The molecule has 1 heterocycles. The van der Waals surface area contributed by atoms with E-state index < -0.39 is 0 Å². The molecule has 3 heteroatoms. The molecule has 0 fully saturated rings. The normalized spacial score (nSPS) is 11.8. The van der Waals surface area contributed by atoms with Crippen LogP contribution in [0.25, 0.3) is 5.69 Å². The van der Waals surface area contributed by atoms with E-state index in [9.17, 15) is 5.11 Å². The molecule has 0 radical (unpaired) electrons. The van der Waals surface area contributed by atoms with Crippen LogP contribution in [0.2, 0.25) is 0 Å². The fourth-order valence-corrected chi connectivity index (χ4v) is 2.33. The number of phenols is 1. The third kappa shape index (κ3) is 2.46. The number of halogens is 1. The average molecular weight is 308 g/mol. The van der Waals surface area contributed by atoms with Crippen LogP contribution in [0, 0.1) is 0 Å². The van der Waals surface area contributed by atoms with Crippen LogP contribution in [0.4, 0.5) is 0 Å². The number of rotatable bonds is 2. The zero-order valence-corrected chi connectivity index (χ0v) is 12.5. The monoisotopic (exact) mass is 307 g/mol. The lowest BCUT2D eigenvalue weighted by atomic mass is 9.85. The highest BCUT2D eigenvalue weighted by molar-refractivity contribution is 9.08. The molecule has 18 heavy (non-hydrogen) atoms. The summed E-state index contributed by atoms with van der Waals surface area (Å²) in [7, 11) is 0. The van der Waals surface area contributed by atoms with Crippen LogP contribution >= 0.6 is 15.9 Å². The van der Waals surface area contributed by atoms with Gasteiger partial charge in [-0.25, -0.2) is 0 Å². The Balaban J connectivity index is 2.65. The van der Waals surface area contributed by atoms with Crippen LogP contribution in [0.1, 0.15) is 31.9 Å². The second kappa shape index (κ2) is 4.81. The molecule has 0 unspecified atom stereocenters. The molecule has 0 saturated heterocycles. The van der Waals surface area contributed by atoms with Gasteiger partial charge in [0, 0.05) is 23.3 Å². The molecule has 96 valence electrons. The van der Waals surface area contributed by atoms with E-state index in [1.807, 2.05) is 29.1 Å². The standard InChI is InChI=1S/C15H18BrNO/c1-15(2,3)12-8-11(10-16)14(18)13(9-12)17-6-4-5-7-17/h4-9,18H,10H2,1-3H3. The van der Waals surface area contributed by atoms with Gasteiger partial charge in [0.05, 0.1) is 5.69 Å². The lowest BCUT2D eigenvalue weighted by molar-refractivity contribution is 0.466. The fraction of sp³-hybridized carbons (Fsp3) is 0.333. The van der Waals surface area contributed by atoms with E-state index in [1.54, 1.807) is 0 Å². The Morgan fingerprint density at radius 2 is 1.78 bits per heavy atom. The quantitative estimate of drug-likeness (QED) is 0.819. The van der Waals surface area contributed by atoms with Gasteiger partial charge in [0.15, 0.2) is 0 Å². The SMILES string of the molecule is CC(C)(C)c1cc(CBr)c(O)c(-n2cccc2)c1. The van der Waals surface area contributed by atoms with Crippen LogP contribution in [0.5, 0.6) is 5.75 Å². The number of phenolic OH excluding ortho intramolecular Hbond substituents is 1. The van der Waals surface area contributed by atoms with E-state index in [0.717, 1.165) is 11.3 Å². The Kier molecular flexibility index (Phi) is 3.53. The first-order valence-electron chi connectivity index (χ1n) is 5.99. The summed E-state index contributed by atoms with van der Waals surface area (Å²) in [4.78, 5) is 0. The van der Waals surface area contributed by atoms with Crippen LogP contribution in [0.3, 0.4) is 0 Å². The lowest BCUT2D eigenvalue weighted by Gasteiger charge is -2.22. The molecular formula is C15H18BrNO. The molecule has 1 aromatic carbocycles. The number of nitrogens with zero attached hydrogens (tertiary/aromatic N) is 1. The lowest BCUT2D eigenvalue weighted by Crippen LogP contribution is -2.12. The van der Waals surface area contributed by atoms with Gasteiger partial charge in [-0.05, 0) is 29.2 Å². The van der Waals surface area contributed by atoms with E-state index in [4.69, 9.17) is 0 Å². The number of hydrogen-bond acceptors (Lipinski definition) is 1. The van der Waals surface area contributed by atoms with Gasteiger partial charge in [0.2, 0.25) is 0 Å². The summed E-state index contributed by atoms with van der Waals surface area (Å²) < 4.78 is 1.94. The minimum absolute atomic E-state index is 0.0620. The number of aromatic nitrogens is 1. The van der Waals surface area contributed by atoms with Crippen LogP contribution in [0.15, 0.2) is 36.7 Å². The number of alkyl halides is 1. The Bertz CT molecular complexity index is 538.